The number of benzene rings is 1. The molecule has 0 radical (unpaired) electrons. The number of aromatic nitrogens is 2. The second-order valence-electron chi connectivity index (χ2n) is 4.30. The van der Waals surface area contributed by atoms with E-state index in [1.165, 1.54) is 0 Å². The van der Waals surface area contributed by atoms with Crippen molar-refractivity contribution in [2.24, 2.45) is 0 Å². The van der Waals surface area contributed by atoms with Gasteiger partial charge in [0.05, 0.1) is 11.0 Å². The standard InChI is InChI=1S/C13H17N3O2/c1-2-14-4-3-13-15-9-7-11-12(8-10(9)16-13)18-6-5-17-11/h7-8,14H,2-6H2,1H3,(H,15,16). The largest absolute Gasteiger partial charge is 0.486 e. The van der Waals surface area contributed by atoms with Crippen molar-refractivity contribution in [3.8, 4) is 11.5 Å². The third-order valence-corrected chi connectivity index (χ3v) is 2.98. The second-order valence-corrected chi connectivity index (χ2v) is 4.30. The first-order chi connectivity index (χ1) is 8.86. The number of nitrogens with one attached hydrogen (secondary N) is 2. The molecule has 0 spiro atoms. The fraction of sp³-hybridized carbons (Fsp3) is 0.462. The van der Waals surface area contributed by atoms with Gasteiger partial charge in [-0.25, -0.2) is 4.98 Å². The van der Waals surface area contributed by atoms with Crippen LogP contribution in [0.25, 0.3) is 11.0 Å². The molecule has 2 heterocycles. The smallest absolute Gasteiger partial charge is 0.163 e. The third kappa shape index (κ3) is 2.13. The Morgan fingerprint density at radius 3 is 2.83 bits per heavy atom. The van der Waals surface area contributed by atoms with Gasteiger partial charge in [-0.1, -0.05) is 6.92 Å². The summed E-state index contributed by atoms with van der Waals surface area (Å²) in [5.41, 5.74) is 1.94. The highest BCUT2D eigenvalue weighted by Gasteiger charge is 2.14. The number of H-pyrrole nitrogens is 1. The molecule has 0 bridgehead atoms. The van der Waals surface area contributed by atoms with E-state index in [9.17, 15) is 0 Å². The molecule has 1 aromatic carbocycles. The van der Waals surface area contributed by atoms with Crippen LogP contribution in [0.1, 0.15) is 12.7 Å². The van der Waals surface area contributed by atoms with Gasteiger partial charge in [0, 0.05) is 25.1 Å². The average molecular weight is 247 g/mol. The van der Waals surface area contributed by atoms with Crippen LogP contribution >= 0.6 is 0 Å². The lowest BCUT2D eigenvalue weighted by Crippen LogP contribution is -2.16. The van der Waals surface area contributed by atoms with E-state index in [1.54, 1.807) is 0 Å². The van der Waals surface area contributed by atoms with Gasteiger partial charge in [-0.2, -0.15) is 0 Å². The summed E-state index contributed by atoms with van der Waals surface area (Å²) in [5.74, 6) is 2.59. The quantitative estimate of drug-likeness (QED) is 0.804. The Kier molecular flexibility index (Phi) is 3.06. The lowest BCUT2D eigenvalue weighted by Gasteiger charge is -2.17. The highest BCUT2D eigenvalue weighted by Crippen LogP contribution is 2.33. The number of ether oxygens (including phenoxy) is 2. The summed E-state index contributed by atoms with van der Waals surface area (Å²) >= 11 is 0. The fourth-order valence-corrected chi connectivity index (χ4v) is 2.10. The maximum Gasteiger partial charge on any atom is 0.163 e. The van der Waals surface area contributed by atoms with Gasteiger partial charge in [0.1, 0.15) is 19.0 Å². The number of aromatic amines is 1. The van der Waals surface area contributed by atoms with E-state index in [0.717, 1.165) is 47.9 Å². The number of nitrogens with zero attached hydrogens (tertiary/aromatic N) is 1. The summed E-state index contributed by atoms with van der Waals surface area (Å²) in [6, 6.07) is 3.91. The first-order valence-corrected chi connectivity index (χ1v) is 6.36. The minimum atomic E-state index is 0.607. The number of likely N-dealkylation sites (N-methyl/N-ethyl adjacent to an activating group) is 1. The van der Waals surface area contributed by atoms with Crippen LogP contribution in [-0.2, 0) is 6.42 Å². The molecule has 0 saturated carbocycles. The van der Waals surface area contributed by atoms with Crippen LogP contribution in [0.15, 0.2) is 12.1 Å². The van der Waals surface area contributed by atoms with Crippen LogP contribution in [0.4, 0.5) is 0 Å². The Balaban J connectivity index is 1.87. The van der Waals surface area contributed by atoms with Gasteiger partial charge < -0.3 is 19.8 Å². The van der Waals surface area contributed by atoms with E-state index in [0.29, 0.717) is 13.2 Å². The third-order valence-electron chi connectivity index (χ3n) is 2.98. The van der Waals surface area contributed by atoms with Crippen LogP contribution in [0.2, 0.25) is 0 Å². The Hall–Kier alpha value is -1.75. The Bertz CT molecular complexity index is 507. The molecule has 2 aromatic rings. The molecule has 18 heavy (non-hydrogen) atoms. The number of imidazole rings is 1. The molecule has 0 aliphatic carbocycles. The summed E-state index contributed by atoms with van der Waals surface area (Å²) in [7, 11) is 0. The van der Waals surface area contributed by atoms with E-state index >= 15 is 0 Å². The molecule has 0 unspecified atom stereocenters. The molecule has 5 heteroatoms. The number of fused-ring (bicyclic) bond motifs is 2. The van der Waals surface area contributed by atoms with E-state index < -0.39 is 0 Å². The molecule has 1 aromatic heterocycles. The molecule has 0 atom stereocenters. The van der Waals surface area contributed by atoms with Crippen LogP contribution in [0, 0.1) is 0 Å². The molecular formula is C13H17N3O2. The first-order valence-electron chi connectivity index (χ1n) is 6.36. The van der Waals surface area contributed by atoms with E-state index in [4.69, 9.17) is 9.47 Å². The van der Waals surface area contributed by atoms with Gasteiger partial charge in [0.15, 0.2) is 11.5 Å². The number of hydrogen-bond acceptors (Lipinski definition) is 4. The van der Waals surface area contributed by atoms with Crippen LogP contribution < -0.4 is 14.8 Å². The van der Waals surface area contributed by atoms with Gasteiger partial charge in [-0.3, -0.25) is 0 Å². The zero-order valence-corrected chi connectivity index (χ0v) is 10.5. The zero-order valence-electron chi connectivity index (χ0n) is 10.5. The van der Waals surface area contributed by atoms with Crippen molar-refractivity contribution in [2.75, 3.05) is 26.3 Å². The molecule has 3 rings (SSSR count). The molecule has 2 N–H and O–H groups in total. The van der Waals surface area contributed by atoms with Crippen molar-refractivity contribution >= 4 is 11.0 Å². The molecule has 0 fully saturated rings. The predicted molar refractivity (Wildman–Crippen MR) is 69.3 cm³/mol. The SMILES string of the molecule is CCNCCc1nc2cc3c(cc2[nH]1)OCCO3. The summed E-state index contributed by atoms with van der Waals surface area (Å²) in [6.07, 6.45) is 0.898. The van der Waals surface area contributed by atoms with Crippen molar-refractivity contribution in [1.82, 2.24) is 15.3 Å². The summed E-state index contributed by atoms with van der Waals surface area (Å²) < 4.78 is 11.1. The van der Waals surface area contributed by atoms with Crippen molar-refractivity contribution in [2.45, 2.75) is 13.3 Å². The maximum atomic E-state index is 5.55. The zero-order chi connectivity index (χ0) is 12.4. The number of rotatable bonds is 4. The molecule has 96 valence electrons. The van der Waals surface area contributed by atoms with Crippen LogP contribution in [0.5, 0.6) is 11.5 Å². The highest BCUT2D eigenvalue weighted by molar-refractivity contribution is 5.79. The summed E-state index contributed by atoms with van der Waals surface area (Å²) in [4.78, 5) is 7.88. The lowest BCUT2D eigenvalue weighted by atomic mass is 10.2. The Morgan fingerprint density at radius 1 is 1.28 bits per heavy atom. The van der Waals surface area contributed by atoms with Crippen molar-refractivity contribution in [3.05, 3.63) is 18.0 Å². The van der Waals surface area contributed by atoms with Gasteiger partial charge in [-0.15, -0.1) is 0 Å². The first kappa shape index (κ1) is 11.3. The van der Waals surface area contributed by atoms with E-state index in [-0.39, 0.29) is 0 Å². The second kappa shape index (κ2) is 4.86. The molecule has 0 saturated heterocycles. The minimum absolute atomic E-state index is 0.607. The van der Waals surface area contributed by atoms with Gasteiger partial charge in [-0.05, 0) is 6.54 Å². The van der Waals surface area contributed by atoms with Gasteiger partial charge >= 0.3 is 0 Å². The lowest BCUT2D eigenvalue weighted by molar-refractivity contribution is 0.172. The topological polar surface area (TPSA) is 59.2 Å². The molecule has 1 aliphatic rings. The normalized spacial score (nSPS) is 14.1. The minimum Gasteiger partial charge on any atom is -0.486 e. The molecular weight excluding hydrogens is 230 g/mol. The van der Waals surface area contributed by atoms with Crippen molar-refractivity contribution < 1.29 is 9.47 Å². The van der Waals surface area contributed by atoms with Gasteiger partial charge in [0.2, 0.25) is 0 Å². The number of hydrogen-bond donors (Lipinski definition) is 2. The molecule has 1 aliphatic heterocycles. The van der Waals surface area contributed by atoms with Crippen LogP contribution in [-0.4, -0.2) is 36.3 Å². The van der Waals surface area contributed by atoms with Crippen LogP contribution in [0.3, 0.4) is 0 Å². The molecule has 5 nitrogen and oxygen atoms in total. The van der Waals surface area contributed by atoms with Crippen molar-refractivity contribution in [1.29, 1.82) is 0 Å². The monoisotopic (exact) mass is 247 g/mol. The van der Waals surface area contributed by atoms with Crippen molar-refractivity contribution in [3.63, 3.8) is 0 Å². The Morgan fingerprint density at radius 2 is 2.06 bits per heavy atom. The summed E-state index contributed by atoms with van der Waals surface area (Å²) in [6.45, 7) is 5.23. The summed E-state index contributed by atoms with van der Waals surface area (Å²) in [5, 5.41) is 3.29. The van der Waals surface area contributed by atoms with E-state index in [2.05, 4.69) is 22.2 Å². The highest BCUT2D eigenvalue weighted by atomic mass is 16.6. The van der Waals surface area contributed by atoms with E-state index in [1.807, 2.05) is 12.1 Å². The average Bonchev–Trinajstić information content (AvgIpc) is 2.77. The maximum absolute atomic E-state index is 5.55. The fourth-order valence-electron chi connectivity index (χ4n) is 2.10. The van der Waals surface area contributed by atoms with Gasteiger partial charge in [0.25, 0.3) is 0 Å². The Labute approximate surface area is 106 Å². The predicted octanol–water partition coefficient (Wildman–Crippen LogP) is 1.49. The molecule has 0 amide bonds.